The highest BCUT2D eigenvalue weighted by molar-refractivity contribution is 5.91. The van der Waals surface area contributed by atoms with Crippen molar-refractivity contribution < 1.29 is 33.0 Å². The fourth-order valence-corrected chi connectivity index (χ4v) is 3.29. The molecule has 170 valence electrons. The highest BCUT2D eigenvalue weighted by atomic mass is 19.3. The number of rotatable bonds is 8. The maximum absolute atomic E-state index is 14.0. The Morgan fingerprint density at radius 2 is 1.94 bits per heavy atom. The maximum Gasteiger partial charge on any atom is 0.408 e. The first-order valence-electron chi connectivity index (χ1n) is 9.66. The van der Waals surface area contributed by atoms with E-state index in [4.69, 9.17) is 17.6 Å². The second kappa shape index (κ2) is 11.1. The van der Waals surface area contributed by atoms with E-state index in [0.29, 0.717) is 10.5 Å². The summed E-state index contributed by atoms with van der Waals surface area (Å²) >= 11 is 0. The number of hydrogen-bond donors (Lipinski definition) is 3. The molecule has 3 N–H and O–H groups in total. The molecule has 1 aromatic carbocycles. The third-order valence-corrected chi connectivity index (χ3v) is 4.74. The predicted molar refractivity (Wildman–Crippen MR) is 110 cm³/mol. The zero-order valence-electron chi connectivity index (χ0n) is 17.1. The molecule has 0 saturated carbocycles. The first-order valence-corrected chi connectivity index (χ1v) is 9.66. The molecule has 1 saturated heterocycles. The van der Waals surface area contributed by atoms with E-state index in [9.17, 15) is 28.3 Å². The van der Waals surface area contributed by atoms with E-state index in [1.54, 1.807) is 30.3 Å². The number of halogens is 2. The number of alkyl halides is 2. The van der Waals surface area contributed by atoms with Crippen molar-refractivity contribution in [2.75, 3.05) is 19.7 Å². The summed E-state index contributed by atoms with van der Waals surface area (Å²) in [5.74, 6) is -1.08. The van der Waals surface area contributed by atoms with Crippen molar-refractivity contribution >= 4 is 17.9 Å². The number of aliphatic hydroxyl groups excluding tert-OH is 1. The van der Waals surface area contributed by atoms with Crippen LogP contribution in [0.25, 0.3) is 0 Å². The number of benzene rings is 1. The number of nitrogens with zero attached hydrogens (tertiary/aromatic N) is 1. The van der Waals surface area contributed by atoms with Crippen molar-refractivity contribution in [3.8, 4) is 24.7 Å². The Kier molecular flexibility index (Phi) is 8.56. The number of carbonyl (C=O) groups excluding carboxylic acids is 3. The van der Waals surface area contributed by atoms with Gasteiger partial charge in [-0.25, -0.2) is 13.6 Å². The van der Waals surface area contributed by atoms with Crippen molar-refractivity contribution in [3.63, 3.8) is 0 Å². The lowest BCUT2D eigenvalue weighted by atomic mass is 10.00. The summed E-state index contributed by atoms with van der Waals surface area (Å²) in [6, 6.07) is 5.80. The number of ether oxygens (including phenoxy) is 1. The average molecular weight is 447 g/mol. The first-order chi connectivity index (χ1) is 15.2. The molecule has 0 aliphatic carbocycles. The Hall–Kier alpha value is -3.63. The molecule has 1 aliphatic heterocycles. The molecule has 0 radical (unpaired) electrons. The second-order valence-electron chi connectivity index (χ2n) is 7.13. The standard InChI is InChI=1S/C22H23F2N3O5/c1-3-10-25-19(29)17-13-22(23,24)14-27(17)20(30)18(28)16(26-21(31)32-11-4-2)12-15-8-6-5-7-9-15/h1-2,5-9,16-18,28H,10-14H2,(H,25,29)(H,26,31). The highest BCUT2D eigenvalue weighted by Crippen LogP contribution is 2.33. The van der Waals surface area contributed by atoms with E-state index in [-0.39, 0.29) is 19.6 Å². The van der Waals surface area contributed by atoms with Crippen LogP contribution < -0.4 is 10.6 Å². The number of nitrogens with one attached hydrogen (secondary N) is 2. The topological polar surface area (TPSA) is 108 Å². The van der Waals surface area contributed by atoms with E-state index in [1.807, 2.05) is 0 Å². The van der Waals surface area contributed by atoms with Gasteiger partial charge in [0, 0.05) is 6.42 Å². The fourth-order valence-electron chi connectivity index (χ4n) is 3.29. The van der Waals surface area contributed by atoms with Gasteiger partial charge in [0.25, 0.3) is 11.8 Å². The monoisotopic (exact) mass is 447 g/mol. The van der Waals surface area contributed by atoms with Gasteiger partial charge >= 0.3 is 6.09 Å². The van der Waals surface area contributed by atoms with Crippen LogP contribution in [0.4, 0.5) is 13.6 Å². The predicted octanol–water partition coefficient (Wildman–Crippen LogP) is 0.304. The Labute approximate surface area is 184 Å². The van der Waals surface area contributed by atoms with Crippen molar-refractivity contribution in [1.29, 1.82) is 0 Å². The van der Waals surface area contributed by atoms with Crippen LogP contribution in [-0.4, -0.2) is 71.7 Å². The van der Waals surface area contributed by atoms with E-state index >= 15 is 0 Å². The van der Waals surface area contributed by atoms with Gasteiger partial charge in [-0.1, -0.05) is 42.2 Å². The minimum absolute atomic E-state index is 0.0168. The van der Waals surface area contributed by atoms with Crippen LogP contribution in [0.1, 0.15) is 12.0 Å². The van der Waals surface area contributed by atoms with Crippen LogP contribution in [0.15, 0.2) is 30.3 Å². The van der Waals surface area contributed by atoms with Gasteiger partial charge in [-0.2, -0.15) is 0 Å². The van der Waals surface area contributed by atoms with Crippen LogP contribution in [0.3, 0.4) is 0 Å². The van der Waals surface area contributed by atoms with Gasteiger partial charge in [0.2, 0.25) is 5.91 Å². The van der Waals surface area contributed by atoms with Gasteiger partial charge in [0.05, 0.1) is 19.1 Å². The summed E-state index contributed by atoms with van der Waals surface area (Å²) in [6.45, 7) is -1.61. The summed E-state index contributed by atoms with van der Waals surface area (Å²) in [7, 11) is 0. The zero-order chi connectivity index (χ0) is 23.7. The van der Waals surface area contributed by atoms with Gasteiger partial charge in [0.1, 0.15) is 6.04 Å². The van der Waals surface area contributed by atoms with Crippen LogP contribution in [0.5, 0.6) is 0 Å². The van der Waals surface area contributed by atoms with Crippen LogP contribution in [0, 0.1) is 24.7 Å². The molecule has 8 nitrogen and oxygen atoms in total. The van der Waals surface area contributed by atoms with Gasteiger partial charge in [0.15, 0.2) is 12.7 Å². The number of hydrogen-bond acceptors (Lipinski definition) is 5. The third kappa shape index (κ3) is 6.69. The van der Waals surface area contributed by atoms with Crippen molar-refractivity contribution in [1.82, 2.24) is 15.5 Å². The van der Waals surface area contributed by atoms with Crippen LogP contribution in [-0.2, 0) is 20.7 Å². The minimum Gasteiger partial charge on any atom is -0.436 e. The van der Waals surface area contributed by atoms with Crippen molar-refractivity contribution in [3.05, 3.63) is 35.9 Å². The van der Waals surface area contributed by atoms with E-state index in [2.05, 4.69) is 22.5 Å². The van der Waals surface area contributed by atoms with Crippen molar-refractivity contribution in [2.24, 2.45) is 0 Å². The van der Waals surface area contributed by atoms with Crippen LogP contribution in [0.2, 0.25) is 0 Å². The van der Waals surface area contributed by atoms with E-state index in [0.717, 1.165) is 0 Å². The fraction of sp³-hybridized carbons (Fsp3) is 0.409. The summed E-state index contributed by atoms with van der Waals surface area (Å²) in [5.41, 5.74) is 0.650. The molecule has 3 unspecified atom stereocenters. The molecular weight excluding hydrogens is 424 g/mol. The Balaban J connectivity index is 2.23. The molecule has 1 heterocycles. The molecule has 2 rings (SSSR count). The van der Waals surface area contributed by atoms with Gasteiger partial charge in [-0.15, -0.1) is 12.8 Å². The molecule has 0 spiro atoms. The van der Waals surface area contributed by atoms with E-state index < -0.39 is 55.0 Å². The van der Waals surface area contributed by atoms with Gasteiger partial charge in [-0.05, 0) is 12.0 Å². The lowest BCUT2D eigenvalue weighted by molar-refractivity contribution is -0.147. The summed E-state index contributed by atoms with van der Waals surface area (Å²) < 4.78 is 32.8. The smallest absolute Gasteiger partial charge is 0.408 e. The number of terminal acetylenes is 2. The molecule has 3 atom stereocenters. The van der Waals surface area contributed by atoms with Gasteiger partial charge in [-0.3, -0.25) is 9.59 Å². The lowest BCUT2D eigenvalue weighted by Gasteiger charge is -2.29. The summed E-state index contributed by atoms with van der Waals surface area (Å²) in [4.78, 5) is 37.8. The molecule has 3 amide bonds. The number of carbonyl (C=O) groups is 3. The lowest BCUT2D eigenvalue weighted by Crippen LogP contribution is -2.56. The minimum atomic E-state index is -3.33. The molecule has 1 fully saturated rings. The molecule has 0 aromatic heterocycles. The average Bonchev–Trinajstić information content (AvgIpc) is 3.10. The molecule has 1 aromatic rings. The highest BCUT2D eigenvalue weighted by Gasteiger charge is 2.51. The maximum atomic E-state index is 14.0. The number of alkyl carbamates (subject to hydrolysis) is 1. The normalized spacial score (nSPS) is 18.5. The quantitative estimate of drug-likeness (QED) is 0.497. The summed E-state index contributed by atoms with van der Waals surface area (Å²) in [5, 5.41) is 15.3. The largest absolute Gasteiger partial charge is 0.436 e. The summed E-state index contributed by atoms with van der Waals surface area (Å²) in [6.07, 6.45) is 6.24. The number of amides is 3. The van der Waals surface area contributed by atoms with Crippen LogP contribution >= 0.6 is 0 Å². The molecular formula is C22H23F2N3O5. The third-order valence-electron chi connectivity index (χ3n) is 4.74. The molecule has 32 heavy (non-hydrogen) atoms. The zero-order valence-corrected chi connectivity index (χ0v) is 17.1. The molecule has 0 bridgehead atoms. The first kappa shape index (κ1) is 24.6. The Bertz CT molecular complexity index is 910. The van der Waals surface area contributed by atoms with E-state index in [1.165, 1.54) is 0 Å². The SMILES string of the molecule is C#CCNC(=O)C1CC(F)(F)CN1C(=O)C(O)C(Cc1ccccc1)NC(=O)OCC#C. The number of aliphatic hydroxyl groups is 1. The Morgan fingerprint density at radius 3 is 2.56 bits per heavy atom. The second-order valence-corrected chi connectivity index (χ2v) is 7.13. The van der Waals surface area contributed by atoms with Crippen molar-refractivity contribution in [2.45, 2.75) is 37.0 Å². The van der Waals surface area contributed by atoms with Gasteiger partial charge < -0.3 is 25.4 Å². The Morgan fingerprint density at radius 1 is 1.25 bits per heavy atom. The molecule has 10 heteroatoms. The molecule has 1 aliphatic rings. The number of likely N-dealkylation sites (tertiary alicyclic amines) is 1.